The fourth-order valence-electron chi connectivity index (χ4n) is 1.57. The molecular formula is C14H17NO3S. The Bertz CT molecular complexity index is 439. The van der Waals surface area contributed by atoms with E-state index in [1.165, 1.54) is 0 Å². The van der Waals surface area contributed by atoms with E-state index in [0.717, 1.165) is 23.1 Å². The van der Waals surface area contributed by atoms with E-state index in [-0.39, 0.29) is 5.97 Å². The number of carbonyl (C=O) groups is 1. The van der Waals surface area contributed by atoms with E-state index in [9.17, 15) is 4.79 Å². The van der Waals surface area contributed by atoms with E-state index in [4.69, 9.17) is 14.7 Å². The van der Waals surface area contributed by atoms with Crippen LogP contribution in [0.5, 0.6) is 5.75 Å². The van der Waals surface area contributed by atoms with Crippen LogP contribution in [0.4, 0.5) is 0 Å². The van der Waals surface area contributed by atoms with E-state index in [1.807, 2.05) is 36.6 Å². The van der Waals surface area contributed by atoms with Crippen molar-refractivity contribution in [3.05, 3.63) is 29.8 Å². The van der Waals surface area contributed by atoms with Crippen molar-refractivity contribution in [2.24, 2.45) is 0 Å². The van der Waals surface area contributed by atoms with Crippen LogP contribution in [0.2, 0.25) is 0 Å². The van der Waals surface area contributed by atoms with Crippen LogP contribution in [0.15, 0.2) is 24.3 Å². The number of hydrogen-bond acceptors (Lipinski definition) is 5. The molecule has 0 radical (unpaired) electrons. The molecule has 0 heterocycles. The molecule has 0 aliphatic rings. The molecule has 102 valence electrons. The second kappa shape index (κ2) is 8.44. The Morgan fingerprint density at radius 2 is 2.00 bits per heavy atom. The smallest absolute Gasteiger partial charge is 0.320 e. The van der Waals surface area contributed by atoms with Gasteiger partial charge in [-0.25, -0.2) is 0 Å². The molecule has 1 aromatic carbocycles. The van der Waals surface area contributed by atoms with Crippen molar-refractivity contribution in [2.75, 3.05) is 13.2 Å². The molecule has 4 nitrogen and oxygen atoms in total. The molecule has 0 aromatic heterocycles. The Morgan fingerprint density at radius 3 is 2.53 bits per heavy atom. The summed E-state index contributed by atoms with van der Waals surface area (Å²) in [5.41, 5.74) is 0.976. The zero-order valence-corrected chi connectivity index (χ0v) is 11.9. The number of benzene rings is 1. The first-order valence-electron chi connectivity index (χ1n) is 6.14. The molecule has 0 saturated heterocycles. The highest BCUT2D eigenvalue weighted by atomic mass is 32.2. The molecule has 0 unspecified atom stereocenters. The second-order valence-electron chi connectivity index (χ2n) is 3.73. The van der Waals surface area contributed by atoms with Gasteiger partial charge in [-0.2, -0.15) is 5.26 Å². The van der Waals surface area contributed by atoms with Gasteiger partial charge in [0.2, 0.25) is 0 Å². The number of esters is 1. The summed E-state index contributed by atoms with van der Waals surface area (Å²) in [6, 6.07) is 7.51. The van der Waals surface area contributed by atoms with Crippen LogP contribution in [0.25, 0.3) is 0 Å². The predicted octanol–water partition coefficient (Wildman–Crippen LogP) is 2.77. The molecule has 0 bridgehead atoms. The van der Waals surface area contributed by atoms with Crippen LogP contribution in [-0.2, 0) is 16.0 Å². The van der Waals surface area contributed by atoms with Gasteiger partial charge in [-0.05, 0) is 49.7 Å². The average Bonchev–Trinajstić information content (AvgIpc) is 2.41. The van der Waals surface area contributed by atoms with Crippen molar-refractivity contribution in [2.45, 2.75) is 25.5 Å². The summed E-state index contributed by atoms with van der Waals surface area (Å²) in [5.74, 6) is 0.454. The van der Waals surface area contributed by atoms with Crippen molar-refractivity contribution in [1.29, 1.82) is 5.26 Å². The predicted molar refractivity (Wildman–Crippen MR) is 74.9 cm³/mol. The van der Waals surface area contributed by atoms with Gasteiger partial charge in [0.15, 0.2) is 0 Å². The van der Waals surface area contributed by atoms with E-state index in [2.05, 4.69) is 0 Å². The number of nitriles is 1. The first kappa shape index (κ1) is 15.4. The van der Waals surface area contributed by atoms with Crippen molar-refractivity contribution < 1.29 is 14.3 Å². The molecule has 0 aliphatic heterocycles. The minimum atomic E-state index is -0.483. The Morgan fingerprint density at radius 1 is 1.32 bits per heavy atom. The standard InChI is InChI=1S/C14H17NO3S/c1-3-17-12-7-5-11(6-8-12)9-13(19-10-15)14(16)18-4-2/h5-8,13H,3-4,9H2,1-2H3/t13-/m1/s1. The number of nitrogens with zero attached hydrogens (tertiary/aromatic N) is 1. The molecular weight excluding hydrogens is 262 g/mol. The quantitative estimate of drug-likeness (QED) is 0.567. The Labute approximate surface area is 117 Å². The number of carbonyl (C=O) groups excluding carboxylic acids is 1. The van der Waals surface area contributed by atoms with Gasteiger partial charge in [0.1, 0.15) is 16.4 Å². The molecule has 0 saturated carbocycles. The lowest BCUT2D eigenvalue weighted by atomic mass is 10.1. The SMILES string of the molecule is CCOC(=O)[C@@H](Cc1ccc(OCC)cc1)SC#N. The molecule has 0 N–H and O–H groups in total. The maximum atomic E-state index is 11.7. The average molecular weight is 279 g/mol. The van der Waals surface area contributed by atoms with Gasteiger partial charge >= 0.3 is 5.97 Å². The van der Waals surface area contributed by atoms with Crippen LogP contribution < -0.4 is 4.74 Å². The van der Waals surface area contributed by atoms with Crippen molar-refractivity contribution in [1.82, 2.24) is 0 Å². The van der Waals surface area contributed by atoms with Gasteiger partial charge in [-0.15, -0.1) is 0 Å². The zero-order valence-electron chi connectivity index (χ0n) is 11.1. The third-order valence-corrected chi connectivity index (χ3v) is 3.15. The molecule has 0 fully saturated rings. The lowest BCUT2D eigenvalue weighted by Gasteiger charge is -2.12. The van der Waals surface area contributed by atoms with Gasteiger partial charge < -0.3 is 9.47 Å². The third-order valence-electron chi connectivity index (χ3n) is 2.40. The topological polar surface area (TPSA) is 59.3 Å². The van der Waals surface area contributed by atoms with Gasteiger partial charge in [0, 0.05) is 0 Å². The lowest BCUT2D eigenvalue weighted by molar-refractivity contribution is -0.142. The number of ether oxygens (including phenoxy) is 2. The molecule has 1 aromatic rings. The molecule has 0 amide bonds. The molecule has 19 heavy (non-hydrogen) atoms. The van der Waals surface area contributed by atoms with Crippen LogP contribution in [0.1, 0.15) is 19.4 Å². The Balaban J connectivity index is 2.68. The second-order valence-corrected chi connectivity index (χ2v) is 4.72. The largest absolute Gasteiger partial charge is 0.494 e. The Hall–Kier alpha value is -1.67. The summed E-state index contributed by atoms with van der Waals surface area (Å²) >= 11 is 0.934. The first-order chi connectivity index (χ1) is 9.21. The fraction of sp³-hybridized carbons (Fsp3) is 0.429. The molecule has 1 rings (SSSR count). The maximum absolute atomic E-state index is 11.7. The normalized spacial score (nSPS) is 11.4. The summed E-state index contributed by atoms with van der Waals surface area (Å²) in [7, 11) is 0. The first-order valence-corrected chi connectivity index (χ1v) is 7.02. The fourth-order valence-corrected chi connectivity index (χ4v) is 2.14. The highest BCUT2D eigenvalue weighted by Gasteiger charge is 2.21. The molecule has 0 spiro atoms. The molecule has 1 atom stereocenters. The number of rotatable bonds is 7. The number of hydrogen-bond donors (Lipinski definition) is 0. The number of thiocyanates is 1. The van der Waals surface area contributed by atoms with Crippen LogP contribution in [0, 0.1) is 10.7 Å². The summed E-state index contributed by atoms with van der Waals surface area (Å²) in [4.78, 5) is 11.7. The zero-order chi connectivity index (χ0) is 14.1. The van der Waals surface area contributed by atoms with Crippen molar-refractivity contribution in [3.63, 3.8) is 0 Å². The Kier molecular flexibility index (Phi) is 6.83. The summed E-state index contributed by atoms with van der Waals surface area (Å²) < 4.78 is 10.3. The van der Waals surface area contributed by atoms with Crippen LogP contribution >= 0.6 is 11.8 Å². The third kappa shape index (κ3) is 5.23. The molecule has 5 heteroatoms. The van der Waals surface area contributed by atoms with Crippen molar-refractivity contribution in [3.8, 4) is 11.2 Å². The van der Waals surface area contributed by atoms with E-state index in [0.29, 0.717) is 19.6 Å². The van der Waals surface area contributed by atoms with Gasteiger partial charge in [-0.3, -0.25) is 4.79 Å². The minimum absolute atomic E-state index is 0.324. The summed E-state index contributed by atoms with van der Waals surface area (Å²) in [6.45, 7) is 4.62. The van der Waals surface area contributed by atoms with E-state index in [1.54, 1.807) is 6.92 Å². The van der Waals surface area contributed by atoms with Crippen molar-refractivity contribution >= 4 is 17.7 Å². The highest BCUT2D eigenvalue weighted by molar-refractivity contribution is 8.04. The maximum Gasteiger partial charge on any atom is 0.320 e. The van der Waals surface area contributed by atoms with Gasteiger partial charge in [-0.1, -0.05) is 12.1 Å². The monoisotopic (exact) mass is 279 g/mol. The number of thioether (sulfide) groups is 1. The molecule has 0 aliphatic carbocycles. The van der Waals surface area contributed by atoms with Gasteiger partial charge in [0.05, 0.1) is 13.2 Å². The van der Waals surface area contributed by atoms with E-state index < -0.39 is 5.25 Å². The minimum Gasteiger partial charge on any atom is -0.494 e. The summed E-state index contributed by atoms with van der Waals surface area (Å²) in [6.07, 6.45) is 0.476. The highest BCUT2D eigenvalue weighted by Crippen LogP contribution is 2.19. The summed E-state index contributed by atoms with van der Waals surface area (Å²) in [5, 5.41) is 10.2. The van der Waals surface area contributed by atoms with Crippen LogP contribution in [-0.4, -0.2) is 24.4 Å². The van der Waals surface area contributed by atoms with Crippen LogP contribution in [0.3, 0.4) is 0 Å². The lowest BCUT2D eigenvalue weighted by Crippen LogP contribution is -2.22. The van der Waals surface area contributed by atoms with E-state index >= 15 is 0 Å². The van der Waals surface area contributed by atoms with Gasteiger partial charge in [0.25, 0.3) is 0 Å².